The van der Waals surface area contributed by atoms with Crippen LogP contribution >= 0.6 is 0 Å². The normalized spacial score (nSPS) is 17.3. The van der Waals surface area contributed by atoms with Gasteiger partial charge in [0.2, 0.25) is 0 Å². The van der Waals surface area contributed by atoms with E-state index in [1.165, 1.54) is 0 Å². The Hall–Kier alpha value is -2.17. The van der Waals surface area contributed by atoms with Crippen LogP contribution in [0.5, 0.6) is 5.75 Å². The van der Waals surface area contributed by atoms with Gasteiger partial charge in [0.25, 0.3) is 5.89 Å². The average molecular weight is 270 g/mol. The molecule has 0 unspecified atom stereocenters. The third-order valence-corrected chi connectivity index (χ3v) is 3.79. The molecule has 2 aliphatic carbocycles. The molecule has 0 amide bonds. The fourth-order valence-corrected chi connectivity index (χ4v) is 2.50. The lowest BCUT2D eigenvalue weighted by Crippen LogP contribution is -1.97. The van der Waals surface area contributed by atoms with Gasteiger partial charge >= 0.3 is 0 Å². The zero-order valence-electron chi connectivity index (χ0n) is 11.0. The third-order valence-electron chi connectivity index (χ3n) is 3.79. The molecule has 0 radical (unpaired) electrons. The molecule has 5 heteroatoms. The summed E-state index contributed by atoms with van der Waals surface area (Å²) in [5.41, 5.74) is 1.89. The van der Waals surface area contributed by atoms with Crippen LogP contribution in [0, 0.1) is 0 Å². The molecule has 0 N–H and O–H groups in total. The van der Waals surface area contributed by atoms with E-state index in [0.29, 0.717) is 18.2 Å². The number of Topliss-reactive ketones (excluding diaryl/α,β-unsaturated/α-hetero) is 1. The first-order chi connectivity index (χ1) is 9.79. The molecule has 1 heterocycles. The number of rotatable bonds is 4. The quantitative estimate of drug-likeness (QED) is 0.854. The van der Waals surface area contributed by atoms with Crippen LogP contribution in [-0.2, 0) is 13.0 Å². The predicted octanol–water partition coefficient (Wildman–Crippen LogP) is 2.65. The second kappa shape index (κ2) is 4.44. The summed E-state index contributed by atoms with van der Waals surface area (Å²) in [5.74, 6) is 2.74. The first-order valence-corrected chi connectivity index (χ1v) is 6.91. The molecule has 1 aromatic heterocycles. The van der Waals surface area contributed by atoms with Crippen molar-refractivity contribution in [1.29, 1.82) is 0 Å². The summed E-state index contributed by atoms with van der Waals surface area (Å²) in [7, 11) is 0. The molecule has 5 nitrogen and oxygen atoms in total. The van der Waals surface area contributed by atoms with Crippen LogP contribution in [0.4, 0.5) is 0 Å². The van der Waals surface area contributed by atoms with E-state index >= 15 is 0 Å². The molecule has 102 valence electrons. The number of aryl methyl sites for hydroxylation is 1. The van der Waals surface area contributed by atoms with Crippen LogP contribution in [0.1, 0.15) is 52.8 Å². The van der Waals surface area contributed by atoms with Crippen molar-refractivity contribution in [3.8, 4) is 5.75 Å². The lowest BCUT2D eigenvalue weighted by Gasteiger charge is -2.05. The van der Waals surface area contributed by atoms with Crippen molar-refractivity contribution in [2.75, 3.05) is 0 Å². The number of ketones is 1. The van der Waals surface area contributed by atoms with Crippen LogP contribution in [0.15, 0.2) is 22.7 Å². The second-order valence-corrected chi connectivity index (χ2v) is 5.35. The Labute approximate surface area is 115 Å². The molecule has 4 rings (SSSR count). The Kier molecular flexibility index (Phi) is 2.58. The number of aromatic nitrogens is 2. The molecule has 20 heavy (non-hydrogen) atoms. The van der Waals surface area contributed by atoms with Crippen LogP contribution in [-0.4, -0.2) is 15.9 Å². The SMILES string of the molecule is O=C1CCc2cc(OCc3nc(C4CC4)no3)ccc21. The van der Waals surface area contributed by atoms with Crippen molar-refractivity contribution in [3.05, 3.63) is 41.0 Å². The van der Waals surface area contributed by atoms with Crippen molar-refractivity contribution in [1.82, 2.24) is 10.1 Å². The van der Waals surface area contributed by atoms with Crippen molar-refractivity contribution >= 4 is 5.78 Å². The molecule has 1 fully saturated rings. The molecule has 0 bridgehead atoms. The summed E-state index contributed by atoms with van der Waals surface area (Å²) in [6, 6.07) is 5.59. The summed E-state index contributed by atoms with van der Waals surface area (Å²) < 4.78 is 10.8. The molecular weight excluding hydrogens is 256 g/mol. The number of hydrogen-bond acceptors (Lipinski definition) is 5. The Morgan fingerprint density at radius 3 is 3.05 bits per heavy atom. The molecule has 0 aliphatic heterocycles. The highest BCUT2D eigenvalue weighted by Gasteiger charge is 2.28. The van der Waals surface area contributed by atoms with E-state index in [-0.39, 0.29) is 12.4 Å². The monoisotopic (exact) mass is 270 g/mol. The van der Waals surface area contributed by atoms with Gasteiger partial charge in [-0.15, -0.1) is 0 Å². The third kappa shape index (κ3) is 2.09. The summed E-state index contributed by atoms with van der Waals surface area (Å²) in [4.78, 5) is 15.9. The number of ether oxygens (including phenoxy) is 1. The number of hydrogen-bond donors (Lipinski definition) is 0. The van der Waals surface area contributed by atoms with Gasteiger partial charge in [-0.05, 0) is 43.0 Å². The maximum absolute atomic E-state index is 11.6. The van der Waals surface area contributed by atoms with Gasteiger partial charge in [-0.25, -0.2) is 0 Å². The number of carbonyl (C=O) groups excluding carboxylic acids is 1. The summed E-state index contributed by atoms with van der Waals surface area (Å²) >= 11 is 0. The highest BCUT2D eigenvalue weighted by molar-refractivity contribution is 6.00. The number of nitrogens with zero attached hydrogens (tertiary/aromatic N) is 2. The topological polar surface area (TPSA) is 65.2 Å². The minimum Gasteiger partial charge on any atom is -0.484 e. The zero-order chi connectivity index (χ0) is 13.5. The van der Waals surface area contributed by atoms with Crippen LogP contribution in [0.3, 0.4) is 0 Å². The van der Waals surface area contributed by atoms with E-state index in [9.17, 15) is 4.79 Å². The average Bonchev–Trinajstić information content (AvgIpc) is 3.10. The molecule has 2 aliphatic rings. The van der Waals surface area contributed by atoms with Crippen molar-refractivity contribution in [2.24, 2.45) is 0 Å². The minimum atomic E-state index is 0.220. The zero-order valence-corrected chi connectivity index (χ0v) is 11.0. The van der Waals surface area contributed by atoms with Gasteiger partial charge in [-0.1, -0.05) is 5.16 Å². The molecule has 0 spiro atoms. The van der Waals surface area contributed by atoms with Gasteiger partial charge in [0.05, 0.1) is 0 Å². The molecule has 0 saturated heterocycles. The van der Waals surface area contributed by atoms with Crippen molar-refractivity contribution in [2.45, 2.75) is 38.2 Å². The molecular formula is C15H14N2O3. The Bertz CT molecular complexity index is 674. The van der Waals surface area contributed by atoms with Crippen LogP contribution in [0.2, 0.25) is 0 Å². The molecule has 0 atom stereocenters. The van der Waals surface area contributed by atoms with E-state index in [2.05, 4.69) is 10.1 Å². The summed E-state index contributed by atoms with van der Waals surface area (Å²) in [6.07, 6.45) is 3.71. The summed E-state index contributed by atoms with van der Waals surface area (Å²) in [6.45, 7) is 0.270. The molecule has 1 saturated carbocycles. The second-order valence-electron chi connectivity index (χ2n) is 5.35. The van der Waals surface area contributed by atoms with Crippen LogP contribution in [0.25, 0.3) is 0 Å². The Balaban J connectivity index is 1.45. The largest absolute Gasteiger partial charge is 0.484 e. The van der Waals surface area contributed by atoms with Gasteiger partial charge < -0.3 is 9.26 Å². The fourth-order valence-electron chi connectivity index (χ4n) is 2.50. The maximum atomic E-state index is 11.6. The lowest BCUT2D eigenvalue weighted by molar-refractivity contribution is 0.0994. The molecule has 2 aromatic rings. The Morgan fingerprint density at radius 2 is 2.20 bits per heavy atom. The first kappa shape index (κ1) is 11.6. The van der Waals surface area contributed by atoms with Gasteiger partial charge in [0.1, 0.15) is 5.75 Å². The lowest BCUT2D eigenvalue weighted by atomic mass is 10.1. The highest BCUT2D eigenvalue weighted by Crippen LogP contribution is 2.38. The first-order valence-electron chi connectivity index (χ1n) is 6.91. The Morgan fingerprint density at radius 1 is 1.30 bits per heavy atom. The van der Waals surface area contributed by atoms with E-state index in [0.717, 1.165) is 42.0 Å². The van der Waals surface area contributed by atoms with E-state index < -0.39 is 0 Å². The predicted molar refractivity (Wildman–Crippen MR) is 69.7 cm³/mol. The van der Waals surface area contributed by atoms with Gasteiger partial charge in [-0.2, -0.15) is 4.98 Å². The summed E-state index contributed by atoms with van der Waals surface area (Å²) in [5, 5.41) is 3.95. The van der Waals surface area contributed by atoms with E-state index in [1.807, 2.05) is 18.2 Å². The van der Waals surface area contributed by atoms with E-state index in [4.69, 9.17) is 9.26 Å². The van der Waals surface area contributed by atoms with Gasteiger partial charge in [-0.3, -0.25) is 4.79 Å². The minimum absolute atomic E-state index is 0.220. The number of benzene rings is 1. The maximum Gasteiger partial charge on any atom is 0.264 e. The number of carbonyl (C=O) groups is 1. The van der Waals surface area contributed by atoms with Crippen LogP contribution < -0.4 is 4.74 Å². The smallest absolute Gasteiger partial charge is 0.264 e. The molecule has 1 aromatic carbocycles. The van der Waals surface area contributed by atoms with Crippen molar-refractivity contribution in [3.63, 3.8) is 0 Å². The standard InChI is InChI=1S/C15H14N2O3/c18-13-6-3-10-7-11(4-5-12(10)13)19-8-14-16-15(17-20-14)9-1-2-9/h4-5,7,9H,1-3,6,8H2. The van der Waals surface area contributed by atoms with Crippen molar-refractivity contribution < 1.29 is 14.1 Å². The number of fused-ring (bicyclic) bond motifs is 1. The van der Waals surface area contributed by atoms with E-state index in [1.54, 1.807) is 0 Å². The van der Waals surface area contributed by atoms with Gasteiger partial charge in [0, 0.05) is 17.9 Å². The fraction of sp³-hybridized carbons (Fsp3) is 0.400. The highest BCUT2D eigenvalue weighted by atomic mass is 16.5. The van der Waals surface area contributed by atoms with Gasteiger partial charge in [0.15, 0.2) is 18.2 Å².